The van der Waals surface area contributed by atoms with Crippen LogP contribution in [-0.4, -0.2) is 29.6 Å². The van der Waals surface area contributed by atoms with Gasteiger partial charge in [0.15, 0.2) is 5.96 Å². The first kappa shape index (κ1) is 17.2. The first-order valence-electron chi connectivity index (χ1n) is 6.80. The van der Waals surface area contributed by atoms with Crippen LogP contribution < -0.4 is 10.6 Å². The van der Waals surface area contributed by atoms with E-state index in [1.54, 1.807) is 24.5 Å². The first-order chi connectivity index (χ1) is 10.5. The number of aromatic nitrogens is 1. The molecule has 0 saturated carbocycles. The molecule has 2 heterocycles. The number of nitrogens with zero attached hydrogens (tertiary/aromatic N) is 2. The maximum atomic E-state index is 10.1. The van der Waals surface area contributed by atoms with Crippen LogP contribution in [0.4, 0.5) is 0 Å². The largest absolute Gasteiger partial charge is 0.386 e. The van der Waals surface area contributed by atoms with E-state index in [1.165, 1.54) is 16.2 Å². The highest BCUT2D eigenvalue weighted by Gasteiger charge is 2.11. The molecule has 1 unspecified atom stereocenters. The van der Waals surface area contributed by atoms with Crippen LogP contribution in [-0.2, 0) is 6.54 Å². The van der Waals surface area contributed by atoms with Gasteiger partial charge in [0.05, 0.1) is 16.6 Å². The molecule has 22 heavy (non-hydrogen) atoms. The van der Waals surface area contributed by atoms with E-state index in [-0.39, 0.29) is 0 Å². The summed E-state index contributed by atoms with van der Waals surface area (Å²) in [5, 5.41) is 17.4. The number of hydrogen-bond donors (Lipinski definition) is 3. The topological polar surface area (TPSA) is 69.5 Å². The molecule has 2 rings (SSSR count). The van der Waals surface area contributed by atoms with Crippen LogP contribution in [0.3, 0.4) is 0 Å². The Hall–Kier alpha value is -1.15. The normalized spacial score (nSPS) is 13.2. The fraction of sp³-hybridized carbons (Fsp3) is 0.429. The van der Waals surface area contributed by atoms with Gasteiger partial charge >= 0.3 is 0 Å². The summed E-state index contributed by atoms with van der Waals surface area (Å²) in [7, 11) is 1.70. The Morgan fingerprint density at radius 1 is 1.36 bits per heavy atom. The second kappa shape index (κ2) is 7.92. The second-order valence-corrected chi connectivity index (χ2v) is 7.75. The predicted molar refractivity (Wildman–Crippen MR) is 94.1 cm³/mol. The van der Waals surface area contributed by atoms with Gasteiger partial charge in [-0.2, -0.15) is 0 Å². The maximum Gasteiger partial charge on any atom is 0.191 e. The lowest BCUT2D eigenvalue weighted by molar-refractivity contribution is 0.184. The van der Waals surface area contributed by atoms with Gasteiger partial charge in [-0.1, -0.05) is 11.6 Å². The summed E-state index contributed by atoms with van der Waals surface area (Å²) in [5.41, 5.74) is 1.06. The first-order valence-corrected chi connectivity index (χ1v) is 8.81. The molecule has 3 N–H and O–H groups in total. The van der Waals surface area contributed by atoms with E-state index < -0.39 is 6.10 Å². The van der Waals surface area contributed by atoms with Gasteiger partial charge in [-0.25, -0.2) is 4.98 Å². The number of thiophene rings is 1. The third-order valence-corrected chi connectivity index (χ3v) is 5.49. The Morgan fingerprint density at radius 2 is 2.14 bits per heavy atom. The monoisotopic (exact) mass is 358 g/mol. The Morgan fingerprint density at radius 3 is 2.68 bits per heavy atom. The molecule has 0 aromatic carbocycles. The lowest BCUT2D eigenvalue weighted by atomic mass is 10.3. The number of halogens is 1. The smallest absolute Gasteiger partial charge is 0.191 e. The van der Waals surface area contributed by atoms with Crippen molar-refractivity contribution in [1.29, 1.82) is 0 Å². The molecule has 1 atom stereocenters. The zero-order valence-corrected chi connectivity index (χ0v) is 15.1. The van der Waals surface area contributed by atoms with Crippen molar-refractivity contribution in [1.82, 2.24) is 15.6 Å². The molecule has 0 spiro atoms. The van der Waals surface area contributed by atoms with Crippen LogP contribution in [0.15, 0.2) is 17.1 Å². The lowest BCUT2D eigenvalue weighted by Crippen LogP contribution is -2.38. The molecular formula is C14H19ClN4OS2. The SMILES string of the molecule is CN=C(NCc1nc(C)c(C)s1)NCC(O)c1ccc(Cl)s1. The van der Waals surface area contributed by atoms with Crippen molar-refractivity contribution in [2.45, 2.75) is 26.5 Å². The van der Waals surface area contributed by atoms with Crippen molar-refractivity contribution >= 4 is 40.2 Å². The van der Waals surface area contributed by atoms with Crippen molar-refractivity contribution in [3.8, 4) is 0 Å². The highest BCUT2D eigenvalue weighted by Crippen LogP contribution is 2.26. The van der Waals surface area contributed by atoms with Gasteiger partial charge in [0.25, 0.3) is 0 Å². The molecule has 120 valence electrons. The molecule has 0 saturated heterocycles. The molecule has 5 nitrogen and oxygen atoms in total. The summed E-state index contributed by atoms with van der Waals surface area (Å²) in [6.45, 7) is 5.05. The number of hydrogen-bond acceptors (Lipinski definition) is 5. The van der Waals surface area contributed by atoms with E-state index in [0.29, 0.717) is 23.4 Å². The van der Waals surface area contributed by atoms with Crippen molar-refractivity contribution < 1.29 is 5.11 Å². The van der Waals surface area contributed by atoms with Crippen molar-refractivity contribution in [3.05, 3.63) is 36.9 Å². The Labute approximate surface area is 143 Å². The lowest BCUT2D eigenvalue weighted by Gasteiger charge is -2.14. The number of aliphatic imine (C=N–C) groups is 1. The van der Waals surface area contributed by atoms with Gasteiger partial charge in [-0.15, -0.1) is 22.7 Å². The minimum atomic E-state index is -0.611. The van der Waals surface area contributed by atoms with E-state index in [2.05, 4.69) is 27.5 Å². The van der Waals surface area contributed by atoms with E-state index >= 15 is 0 Å². The molecule has 0 fully saturated rings. The quantitative estimate of drug-likeness (QED) is 0.567. The van der Waals surface area contributed by atoms with Crippen LogP contribution >= 0.6 is 34.3 Å². The van der Waals surface area contributed by atoms with Gasteiger partial charge in [-0.3, -0.25) is 4.99 Å². The average Bonchev–Trinajstić information content (AvgIpc) is 3.05. The van der Waals surface area contributed by atoms with E-state index in [9.17, 15) is 5.11 Å². The molecule has 2 aromatic rings. The zero-order valence-electron chi connectivity index (χ0n) is 12.7. The van der Waals surface area contributed by atoms with Crippen molar-refractivity contribution in [2.75, 3.05) is 13.6 Å². The van der Waals surface area contributed by atoms with Crippen LogP contribution in [0.1, 0.15) is 26.6 Å². The molecule has 0 amide bonds. The van der Waals surface area contributed by atoms with Crippen LogP contribution in [0.25, 0.3) is 0 Å². The Balaban J connectivity index is 1.82. The third-order valence-electron chi connectivity index (χ3n) is 3.09. The van der Waals surface area contributed by atoms with Crippen LogP contribution in [0, 0.1) is 13.8 Å². The molecule has 8 heteroatoms. The van der Waals surface area contributed by atoms with Gasteiger partial charge in [0, 0.05) is 23.3 Å². The van der Waals surface area contributed by atoms with Crippen molar-refractivity contribution in [2.24, 2.45) is 4.99 Å². The van der Waals surface area contributed by atoms with Gasteiger partial charge in [-0.05, 0) is 26.0 Å². The molecule has 0 aliphatic carbocycles. The summed E-state index contributed by atoms with van der Waals surface area (Å²) in [6.07, 6.45) is -0.611. The Bertz CT molecular complexity index is 634. The molecule has 0 bridgehead atoms. The third kappa shape index (κ3) is 4.67. The predicted octanol–water partition coefficient (Wildman–Crippen LogP) is 2.87. The molecular weight excluding hydrogens is 340 g/mol. The summed E-state index contributed by atoms with van der Waals surface area (Å²) in [5.74, 6) is 0.632. The van der Waals surface area contributed by atoms with E-state index in [0.717, 1.165) is 15.6 Å². The maximum absolute atomic E-state index is 10.1. The fourth-order valence-corrected chi connectivity index (χ4v) is 3.72. The summed E-state index contributed by atoms with van der Waals surface area (Å²) in [4.78, 5) is 10.7. The number of nitrogens with one attached hydrogen (secondary N) is 2. The minimum absolute atomic E-state index is 0.368. The van der Waals surface area contributed by atoms with Crippen LogP contribution in [0.5, 0.6) is 0 Å². The van der Waals surface area contributed by atoms with Gasteiger partial charge < -0.3 is 15.7 Å². The van der Waals surface area contributed by atoms with E-state index in [1.807, 2.05) is 13.0 Å². The summed E-state index contributed by atoms with van der Waals surface area (Å²) in [6, 6.07) is 3.61. The highest BCUT2D eigenvalue weighted by atomic mass is 35.5. The summed E-state index contributed by atoms with van der Waals surface area (Å²) >= 11 is 8.92. The van der Waals surface area contributed by atoms with Gasteiger partial charge in [0.2, 0.25) is 0 Å². The number of aliphatic hydroxyl groups is 1. The standard InChI is InChI=1S/C14H19ClN4OS2/c1-8-9(2)21-13(19-8)7-18-14(16-3)17-6-10(20)11-4-5-12(15)22-11/h4-5,10,20H,6-7H2,1-3H3,(H2,16,17,18). The number of thiazole rings is 1. The molecule has 0 radical (unpaired) electrons. The molecule has 0 aliphatic heterocycles. The zero-order chi connectivity index (χ0) is 16.1. The van der Waals surface area contributed by atoms with Gasteiger partial charge in [0.1, 0.15) is 11.1 Å². The number of aliphatic hydroxyl groups excluding tert-OH is 1. The van der Waals surface area contributed by atoms with Crippen LogP contribution in [0.2, 0.25) is 4.34 Å². The number of rotatable bonds is 5. The average molecular weight is 359 g/mol. The Kier molecular flexibility index (Phi) is 6.19. The van der Waals surface area contributed by atoms with E-state index in [4.69, 9.17) is 11.6 Å². The van der Waals surface area contributed by atoms with Crippen molar-refractivity contribution in [3.63, 3.8) is 0 Å². The molecule has 2 aromatic heterocycles. The second-order valence-electron chi connectivity index (χ2n) is 4.71. The fourth-order valence-electron chi connectivity index (χ4n) is 1.80. The summed E-state index contributed by atoms with van der Waals surface area (Å²) < 4.78 is 0.672. The number of guanidine groups is 1. The minimum Gasteiger partial charge on any atom is -0.386 e. The number of aryl methyl sites for hydroxylation is 2. The molecule has 0 aliphatic rings. The highest BCUT2D eigenvalue weighted by molar-refractivity contribution is 7.16.